The van der Waals surface area contributed by atoms with Gasteiger partial charge in [-0.15, -0.1) is 0 Å². The van der Waals surface area contributed by atoms with Crippen LogP contribution < -0.4 is 15.4 Å². The third-order valence-electron chi connectivity index (χ3n) is 4.01. The summed E-state index contributed by atoms with van der Waals surface area (Å²) in [6.45, 7) is -1.63. The Morgan fingerprint density at radius 1 is 1.11 bits per heavy atom. The van der Waals surface area contributed by atoms with Gasteiger partial charge in [0.1, 0.15) is 17.1 Å². The van der Waals surface area contributed by atoms with Crippen LogP contribution in [0.2, 0.25) is 0 Å². The molecule has 1 atom stereocenters. The average molecular weight is 388 g/mol. The highest BCUT2D eigenvalue weighted by atomic mass is 19.3. The molecule has 8 heteroatoms. The SMILES string of the molecule is CC(NC(=O)CNC(=O)c1ccccc1OC(F)F)c1cc2ccccc2o1. The van der Waals surface area contributed by atoms with Crippen LogP contribution in [0.4, 0.5) is 8.78 Å². The number of halogens is 2. The van der Waals surface area contributed by atoms with Crippen LogP contribution in [0.15, 0.2) is 59.0 Å². The van der Waals surface area contributed by atoms with Crippen molar-refractivity contribution < 1.29 is 27.5 Å². The quantitative estimate of drug-likeness (QED) is 0.648. The number of amides is 2. The monoisotopic (exact) mass is 388 g/mol. The lowest BCUT2D eigenvalue weighted by molar-refractivity contribution is -0.120. The maximum Gasteiger partial charge on any atom is 0.387 e. The van der Waals surface area contributed by atoms with Gasteiger partial charge in [0.15, 0.2) is 0 Å². The minimum Gasteiger partial charge on any atom is -0.459 e. The average Bonchev–Trinajstić information content (AvgIpc) is 3.10. The number of para-hydroxylation sites is 2. The van der Waals surface area contributed by atoms with Crippen LogP contribution in [-0.4, -0.2) is 25.0 Å². The van der Waals surface area contributed by atoms with Crippen LogP contribution in [0.5, 0.6) is 5.75 Å². The number of fused-ring (bicyclic) bond motifs is 1. The summed E-state index contributed by atoms with van der Waals surface area (Å²) in [7, 11) is 0. The minimum atomic E-state index is -3.05. The summed E-state index contributed by atoms with van der Waals surface area (Å²) in [5.74, 6) is -0.820. The van der Waals surface area contributed by atoms with Crippen molar-refractivity contribution in [1.82, 2.24) is 10.6 Å². The highest BCUT2D eigenvalue weighted by molar-refractivity contribution is 5.98. The summed E-state index contributed by atoms with van der Waals surface area (Å²) in [6.07, 6.45) is 0. The molecule has 1 aromatic heterocycles. The van der Waals surface area contributed by atoms with Crippen LogP contribution in [0.3, 0.4) is 0 Å². The Labute approximate surface area is 159 Å². The van der Waals surface area contributed by atoms with E-state index in [1.54, 1.807) is 6.92 Å². The van der Waals surface area contributed by atoms with Crippen molar-refractivity contribution in [3.05, 3.63) is 65.9 Å². The van der Waals surface area contributed by atoms with Gasteiger partial charge < -0.3 is 19.8 Å². The van der Waals surface area contributed by atoms with Gasteiger partial charge in [-0.05, 0) is 31.2 Å². The topological polar surface area (TPSA) is 80.6 Å². The highest BCUT2D eigenvalue weighted by Crippen LogP contribution is 2.23. The van der Waals surface area contributed by atoms with Gasteiger partial charge in [0.05, 0.1) is 18.2 Å². The minimum absolute atomic E-state index is 0.0825. The van der Waals surface area contributed by atoms with Crippen molar-refractivity contribution in [3.63, 3.8) is 0 Å². The largest absolute Gasteiger partial charge is 0.459 e. The summed E-state index contributed by atoms with van der Waals surface area (Å²) in [5.41, 5.74) is 0.628. The van der Waals surface area contributed by atoms with Gasteiger partial charge in [0, 0.05) is 5.39 Å². The van der Waals surface area contributed by atoms with Crippen molar-refractivity contribution in [2.75, 3.05) is 6.54 Å². The zero-order valence-electron chi connectivity index (χ0n) is 14.9. The fourth-order valence-corrected chi connectivity index (χ4v) is 2.69. The molecule has 1 unspecified atom stereocenters. The first kappa shape index (κ1) is 19.3. The number of carbonyl (C=O) groups excluding carboxylic acids is 2. The molecule has 0 saturated carbocycles. The van der Waals surface area contributed by atoms with Gasteiger partial charge >= 0.3 is 6.61 Å². The van der Waals surface area contributed by atoms with E-state index in [0.29, 0.717) is 11.3 Å². The molecule has 0 aliphatic rings. The Hall–Kier alpha value is -3.42. The number of hydrogen-bond donors (Lipinski definition) is 2. The number of rotatable bonds is 7. The second-order valence-electron chi connectivity index (χ2n) is 6.03. The molecular formula is C20H18F2N2O4. The summed E-state index contributed by atoms with van der Waals surface area (Å²) in [6, 6.07) is 14.4. The fourth-order valence-electron chi connectivity index (χ4n) is 2.69. The van der Waals surface area contributed by atoms with Crippen LogP contribution in [0.25, 0.3) is 11.0 Å². The van der Waals surface area contributed by atoms with E-state index in [9.17, 15) is 18.4 Å². The fraction of sp³-hybridized carbons (Fsp3) is 0.200. The predicted octanol–water partition coefficient (Wildman–Crippen LogP) is 3.64. The first-order valence-electron chi connectivity index (χ1n) is 8.54. The van der Waals surface area contributed by atoms with Gasteiger partial charge in [-0.1, -0.05) is 30.3 Å². The van der Waals surface area contributed by atoms with E-state index in [-0.39, 0.29) is 17.9 Å². The van der Waals surface area contributed by atoms with Crippen LogP contribution >= 0.6 is 0 Å². The normalized spacial score (nSPS) is 12.0. The summed E-state index contributed by atoms with van der Waals surface area (Å²) >= 11 is 0. The van der Waals surface area contributed by atoms with Crippen LogP contribution in [-0.2, 0) is 4.79 Å². The third kappa shape index (κ3) is 4.64. The van der Waals surface area contributed by atoms with Gasteiger partial charge in [-0.2, -0.15) is 8.78 Å². The van der Waals surface area contributed by atoms with E-state index < -0.39 is 24.5 Å². The van der Waals surface area contributed by atoms with Gasteiger partial charge in [-0.3, -0.25) is 9.59 Å². The Bertz CT molecular complexity index is 954. The molecule has 2 amide bonds. The molecule has 1 heterocycles. The zero-order chi connectivity index (χ0) is 20.1. The van der Waals surface area contributed by atoms with E-state index in [2.05, 4.69) is 15.4 Å². The van der Waals surface area contributed by atoms with E-state index in [1.807, 2.05) is 30.3 Å². The first-order chi connectivity index (χ1) is 13.4. The summed E-state index contributed by atoms with van der Waals surface area (Å²) in [4.78, 5) is 24.3. The van der Waals surface area contributed by atoms with Crippen LogP contribution in [0.1, 0.15) is 29.1 Å². The van der Waals surface area contributed by atoms with Crippen molar-refractivity contribution in [1.29, 1.82) is 0 Å². The Morgan fingerprint density at radius 3 is 2.57 bits per heavy atom. The number of carbonyl (C=O) groups is 2. The molecule has 28 heavy (non-hydrogen) atoms. The maximum atomic E-state index is 12.4. The molecule has 0 aliphatic heterocycles. The molecule has 0 bridgehead atoms. The maximum absolute atomic E-state index is 12.4. The van der Waals surface area contributed by atoms with Gasteiger partial charge in [-0.25, -0.2) is 0 Å². The van der Waals surface area contributed by atoms with Crippen molar-refractivity contribution in [2.45, 2.75) is 19.6 Å². The first-order valence-corrected chi connectivity index (χ1v) is 8.54. The van der Waals surface area contributed by atoms with E-state index in [4.69, 9.17) is 4.42 Å². The smallest absolute Gasteiger partial charge is 0.387 e. The molecule has 0 saturated heterocycles. The van der Waals surface area contributed by atoms with Gasteiger partial charge in [0.2, 0.25) is 5.91 Å². The second kappa shape index (κ2) is 8.51. The lowest BCUT2D eigenvalue weighted by Gasteiger charge is -2.13. The van der Waals surface area contributed by atoms with E-state index in [0.717, 1.165) is 5.39 Å². The molecule has 2 aromatic carbocycles. The molecule has 0 fully saturated rings. The number of ether oxygens (including phenoxy) is 1. The lowest BCUT2D eigenvalue weighted by Crippen LogP contribution is -2.38. The second-order valence-corrected chi connectivity index (χ2v) is 6.03. The highest BCUT2D eigenvalue weighted by Gasteiger charge is 2.18. The molecule has 3 rings (SSSR count). The number of hydrogen-bond acceptors (Lipinski definition) is 4. The van der Waals surface area contributed by atoms with Crippen molar-refractivity contribution in [3.8, 4) is 5.75 Å². The number of benzene rings is 2. The Morgan fingerprint density at radius 2 is 1.82 bits per heavy atom. The lowest BCUT2D eigenvalue weighted by atomic mass is 10.2. The molecule has 0 aliphatic carbocycles. The number of alkyl halides is 2. The number of nitrogens with one attached hydrogen (secondary N) is 2. The summed E-state index contributed by atoms with van der Waals surface area (Å²) in [5, 5.41) is 6.02. The predicted molar refractivity (Wildman–Crippen MR) is 98.2 cm³/mol. The van der Waals surface area contributed by atoms with Gasteiger partial charge in [0.25, 0.3) is 5.91 Å². The molecule has 6 nitrogen and oxygen atoms in total. The van der Waals surface area contributed by atoms with Crippen molar-refractivity contribution in [2.24, 2.45) is 0 Å². The van der Waals surface area contributed by atoms with Crippen LogP contribution in [0, 0.1) is 0 Å². The summed E-state index contributed by atoms with van der Waals surface area (Å²) < 4.78 is 34.9. The van der Waals surface area contributed by atoms with E-state index >= 15 is 0 Å². The van der Waals surface area contributed by atoms with E-state index in [1.165, 1.54) is 24.3 Å². The molecule has 0 spiro atoms. The Balaban J connectivity index is 1.57. The molecule has 2 N–H and O–H groups in total. The number of furan rings is 1. The molecule has 3 aromatic rings. The molecule has 146 valence electrons. The molecular weight excluding hydrogens is 370 g/mol. The standard InChI is InChI=1S/C20H18F2N2O4/c1-12(17-10-13-6-2-4-8-15(13)27-17)24-18(25)11-23-19(26)14-7-3-5-9-16(14)28-20(21)22/h2-10,12,20H,11H2,1H3,(H,23,26)(H,24,25). The Kier molecular flexibility index (Phi) is 5.88. The van der Waals surface area contributed by atoms with Crippen molar-refractivity contribution >= 4 is 22.8 Å². The third-order valence-corrected chi connectivity index (χ3v) is 4.01. The molecule has 0 radical (unpaired) electrons. The zero-order valence-corrected chi connectivity index (χ0v) is 14.9.